The zero-order valence-corrected chi connectivity index (χ0v) is 11.7. The minimum Gasteiger partial charge on any atom is -0.373 e. The smallest absolute Gasteiger partial charge is 0.373 e. The van der Waals surface area contributed by atoms with Crippen LogP contribution in [0, 0.1) is 0 Å². The Morgan fingerprint density at radius 2 is 1.60 bits per heavy atom. The minimum absolute atomic E-state index is 0.117. The fourth-order valence-corrected chi connectivity index (χ4v) is 2.20. The third kappa shape index (κ3) is 3.35. The van der Waals surface area contributed by atoms with Crippen LogP contribution in [0.3, 0.4) is 0 Å². The quantitative estimate of drug-likeness (QED) is 0.831. The van der Waals surface area contributed by atoms with Crippen LogP contribution in [0.1, 0.15) is 5.56 Å². The van der Waals surface area contributed by atoms with E-state index in [1.165, 1.54) is 25.2 Å². The summed E-state index contributed by atoms with van der Waals surface area (Å²) in [4.78, 5) is 4.09. The minimum atomic E-state index is -4.45. The average Bonchev–Trinajstić information content (AvgIpc) is 2.36. The van der Waals surface area contributed by atoms with Crippen LogP contribution in [0.25, 0.3) is 11.3 Å². The molecule has 0 amide bonds. The first-order valence-electron chi connectivity index (χ1n) is 5.53. The van der Waals surface area contributed by atoms with Crippen LogP contribution in [0.15, 0.2) is 30.3 Å². The molecule has 0 saturated carbocycles. The first-order valence-corrected chi connectivity index (χ1v) is 6.28. The van der Waals surface area contributed by atoms with Gasteiger partial charge in [-0.05, 0) is 30.3 Å². The van der Waals surface area contributed by atoms with Crippen molar-refractivity contribution in [2.45, 2.75) is 6.18 Å². The van der Waals surface area contributed by atoms with Crippen LogP contribution in [-0.2, 0) is 6.18 Å². The van der Waals surface area contributed by atoms with E-state index in [9.17, 15) is 13.2 Å². The normalized spacial score (nSPS) is 11.5. The zero-order valence-electron chi connectivity index (χ0n) is 10.2. The maximum Gasteiger partial charge on any atom is 0.416 e. The Morgan fingerprint density at radius 3 is 2.10 bits per heavy atom. The number of pyridine rings is 1. The molecule has 1 aromatic heterocycles. The Labute approximate surface area is 123 Å². The van der Waals surface area contributed by atoms with Gasteiger partial charge in [-0.15, -0.1) is 0 Å². The summed E-state index contributed by atoms with van der Waals surface area (Å²) in [5.74, 6) is 0.117. The second-order valence-electron chi connectivity index (χ2n) is 4.03. The first kappa shape index (κ1) is 14.9. The van der Waals surface area contributed by atoms with Crippen LogP contribution < -0.4 is 5.32 Å². The fraction of sp³-hybridized carbons (Fsp3) is 0.154. The van der Waals surface area contributed by atoms with Crippen molar-refractivity contribution in [1.29, 1.82) is 0 Å². The molecule has 7 heteroatoms. The Hall–Kier alpha value is -1.46. The number of hydrogen-bond acceptors (Lipinski definition) is 2. The van der Waals surface area contributed by atoms with Gasteiger partial charge in [0.05, 0.1) is 11.3 Å². The predicted molar refractivity (Wildman–Crippen MR) is 74.2 cm³/mol. The molecule has 0 radical (unpaired) electrons. The van der Waals surface area contributed by atoms with E-state index < -0.39 is 11.7 Å². The molecule has 2 nitrogen and oxygen atoms in total. The van der Waals surface area contributed by atoms with E-state index in [4.69, 9.17) is 23.2 Å². The molecule has 2 rings (SSSR count). The van der Waals surface area contributed by atoms with Crippen molar-refractivity contribution in [1.82, 2.24) is 4.98 Å². The SMILES string of the molecule is CNc1cc(C(F)(F)F)cc(-c2cc(Cl)cc(Cl)c2)n1. The summed E-state index contributed by atoms with van der Waals surface area (Å²) in [6.07, 6.45) is -4.45. The van der Waals surface area contributed by atoms with E-state index in [0.717, 1.165) is 12.1 Å². The number of nitrogens with one attached hydrogen (secondary N) is 1. The maximum atomic E-state index is 12.9. The van der Waals surface area contributed by atoms with Crippen molar-refractivity contribution in [3.05, 3.63) is 45.9 Å². The molecule has 0 aliphatic heterocycles. The predicted octanol–water partition coefficient (Wildman–Crippen LogP) is 5.12. The van der Waals surface area contributed by atoms with Gasteiger partial charge in [0, 0.05) is 22.7 Å². The molecule has 0 unspecified atom stereocenters. The van der Waals surface area contributed by atoms with E-state index in [1.54, 1.807) is 0 Å². The topological polar surface area (TPSA) is 24.9 Å². The van der Waals surface area contributed by atoms with Crippen molar-refractivity contribution in [3.8, 4) is 11.3 Å². The largest absolute Gasteiger partial charge is 0.416 e. The van der Waals surface area contributed by atoms with E-state index >= 15 is 0 Å². The van der Waals surface area contributed by atoms with Crippen LogP contribution in [0.5, 0.6) is 0 Å². The molecule has 0 aliphatic rings. The Balaban J connectivity index is 2.61. The van der Waals surface area contributed by atoms with Crippen molar-refractivity contribution in [3.63, 3.8) is 0 Å². The number of aromatic nitrogens is 1. The Kier molecular flexibility index (Phi) is 4.11. The highest BCUT2D eigenvalue weighted by atomic mass is 35.5. The van der Waals surface area contributed by atoms with Gasteiger partial charge in [-0.1, -0.05) is 23.2 Å². The van der Waals surface area contributed by atoms with Crippen molar-refractivity contribution in [2.75, 3.05) is 12.4 Å². The lowest BCUT2D eigenvalue weighted by Gasteiger charge is -2.11. The number of nitrogens with zero attached hydrogens (tertiary/aromatic N) is 1. The van der Waals surface area contributed by atoms with Gasteiger partial charge in [-0.3, -0.25) is 0 Å². The molecule has 0 atom stereocenters. The molecule has 0 aliphatic carbocycles. The Bertz CT molecular complexity index is 622. The number of alkyl halides is 3. The average molecular weight is 321 g/mol. The van der Waals surface area contributed by atoms with Gasteiger partial charge in [0.15, 0.2) is 0 Å². The summed E-state index contributed by atoms with van der Waals surface area (Å²) in [7, 11) is 1.50. The maximum absolute atomic E-state index is 12.9. The van der Waals surface area contributed by atoms with Gasteiger partial charge in [0.25, 0.3) is 0 Å². The van der Waals surface area contributed by atoms with Gasteiger partial charge < -0.3 is 5.32 Å². The molecule has 106 valence electrons. The molecular formula is C13H9Cl2F3N2. The molecule has 20 heavy (non-hydrogen) atoms. The van der Waals surface area contributed by atoms with Crippen molar-refractivity contribution < 1.29 is 13.2 Å². The summed E-state index contributed by atoms with van der Waals surface area (Å²) in [6, 6.07) is 6.42. The second-order valence-corrected chi connectivity index (χ2v) is 4.91. The standard InChI is InChI=1S/C13H9Cl2F3N2/c1-19-12-5-8(13(16,17)18)4-11(20-12)7-2-9(14)6-10(15)3-7/h2-6H,1H3,(H,19,20). The molecule has 0 saturated heterocycles. The third-order valence-electron chi connectivity index (χ3n) is 2.57. The molecular weight excluding hydrogens is 312 g/mol. The molecule has 0 fully saturated rings. The van der Waals surface area contributed by atoms with Crippen LogP contribution in [0.4, 0.5) is 19.0 Å². The van der Waals surface area contributed by atoms with Crippen molar-refractivity contribution in [2.24, 2.45) is 0 Å². The lowest BCUT2D eigenvalue weighted by molar-refractivity contribution is -0.137. The summed E-state index contributed by atoms with van der Waals surface area (Å²) in [6.45, 7) is 0. The first-order chi connectivity index (χ1) is 9.29. The van der Waals surface area contributed by atoms with E-state index in [-0.39, 0.29) is 11.5 Å². The van der Waals surface area contributed by atoms with Gasteiger partial charge in [-0.25, -0.2) is 4.98 Å². The monoisotopic (exact) mass is 320 g/mol. The summed E-state index contributed by atoms with van der Waals surface area (Å²) < 4.78 is 38.6. The molecule has 2 aromatic rings. The highest BCUT2D eigenvalue weighted by Crippen LogP contribution is 2.34. The lowest BCUT2D eigenvalue weighted by Crippen LogP contribution is -2.07. The van der Waals surface area contributed by atoms with Gasteiger partial charge in [-0.2, -0.15) is 13.2 Å². The fourth-order valence-electron chi connectivity index (χ4n) is 1.67. The van der Waals surface area contributed by atoms with E-state index in [2.05, 4.69) is 10.3 Å². The van der Waals surface area contributed by atoms with Gasteiger partial charge in [0.1, 0.15) is 5.82 Å². The molecule has 1 heterocycles. The van der Waals surface area contributed by atoms with Gasteiger partial charge in [0.2, 0.25) is 0 Å². The van der Waals surface area contributed by atoms with Crippen LogP contribution >= 0.6 is 23.2 Å². The second kappa shape index (κ2) is 5.50. The number of rotatable bonds is 2. The summed E-state index contributed by atoms with van der Waals surface area (Å²) in [5.41, 5.74) is -0.221. The van der Waals surface area contributed by atoms with E-state index in [0.29, 0.717) is 15.6 Å². The summed E-state index contributed by atoms with van der Waals surface area (Å²) in [5, 5.41) is 3.26. The highest BCUT2D eigenvalue weighted by molar-refractivity contribution is 6.35. The van der Waals surface area contributed by atoms with Gasteiger partial charge >= 0.3 is 6.18 Å². The number of hydrogen-bond donors (Lipinski definition) is 1. The number of anilines is 1. The lowest BCUT2D eigenvalue weighted by atomic mass is 10.1. The van der Waals surface area contributed by atoms with E-state index in [1.807, 2.05) is 0 Å². The van der Waals surface area contributed by atoms with Crippen LogP contribution in [0.2, 0.25) is 10.0 Å². The van der Waals surface area contributed by atoms with Crippen molar-refractivity contribution >= 4 is 29.0 Å². The number of halogens is 5. The number of benzene rings is 1. The Morgan fingerprint density at radius 1 is 1.00 bits per heavy atom. The molecule has 0 bridgehead atoms. The van der Waals surface area contributed by atoms with Crippen LogP contribution in [-0.4, -0.2) is 12.0 Å². The molecule has 1 N–H and O–H groups in total. The molecule has 0 spiro atoms. The molecule has 1 aromatic carbocycles. The third-order valence-corrected chi connectivity index (χ3v) is 3.00. The highest BCUT2D eigenvalue weighted by Gasteiger charge is 2.31. The summed E-state index contributed by atoms with van der Waals surface area (Å²) >= 11 is 11.7. The zero-order chi connectivity index (χ0) is 14.9.